The number of fused-ring (bicyclic) bond motifs is 1. The second kappa shape index (κ2) is 4.47. The van der Waals surface area contributed by atoms with Crippen LogP contribution in [0, 0.1) is 0 Å². The molecule has 0 aliphatic rings. The van der Waals surface area contributed by atoms with Gasteiger partial charge >= 0.3 is 0 Å². The average molecular weight is 235 g/mol. The van der Waals surface area contributed by atoms with Gasteiger partial charge in [-0.1, -0.05) is 13.8 Å². The SMILES string of the molecule is CCC(CC)(CN)c1nc2cnccc2s1. The number of rotatable bonds is 4. The Morgan fingerprint density at radius 2 is 2.12 bits per heavy atom. The van der Waals surface area contributed by atoms with Crippen LogP contribution in [-0.4, -0.2) is 16.5 Å². The van der Waals surface area contributed by atoms with Gasteiger partial charge in [-0.05, 0) is 18.9 Å². The monoisotopic (exact) mass is 235 g/mol. The predicted octanol–water partition coefficient (Wildman–Crippen LogP) is 2.71. The zero-order valence-corrected chi connectivity index (χ0v) is 10.5. The first kappa shape index (κ1) is 11.5. The van der Waals surface area contributed by atoms with Crippen LogP contribution in [0.15, 0.2) is 18.5 Å². The molecule has 2 N–H and O–H groups in total. The molecule has 16 heavy (non-hydrogen) atoms. The van der Waals surface area contributed by atoms with Crippen molar-refractivity contribution in [1.29, 1.82) is 0 Å². The van der Waals surface area contributed by atoms with Crippen LogP contribution in [0.2, 0.25) is 0 Å². The Kier molecular flexibility index (Phi) is 3.21. The van der Waals surface area contributed by atoms with Crippen LogP contribution in [0.1, 0.15) is 31.7 Å². The van der Waals surface area contributed by atoms with Gasteiger partial charge in [-0.2, -0.15) is 0 Å². The van der Waals surface area contributed by atoms with Crippen molar-refractivity contribution in [1.82, 2.24) is 9.97 Å². The summed E-state index contributed by atoms with van der Waals surface area (Å²) in [6, 6.07) is 2.02. The van der Waals surface area contributed by atoms with E-state index in [1.165, 1.54) is 4.70 Å². The van der Waals surface area contributed by atoms with Gasteiger partial charge in [-0.15, -0.1) is 11.3 Å². The van der Waals surface area contributed by atoms with Gasteiger partial charge in [-0.3, -0.25) is 4.98 Å². The molecule has 0 spiro atoms. The molecule has 2 aromatic rings. The molecule has 0 aliphatic carbocycles. The van der Waals surface area contributed by atoms with Gasteiger partial charge in [0.2, 0.25) is 0 Å². The van der Waals surface area contributed by atoms with Gasteiger partial charge in [0, 0.05) is 18.2 Å². The molecule has 3 nitrogen and oxygen atoms in total. The van der Waals surface area contributed by atoms with Gasteiger partial charge in [-0.25, -0.2) is 4.98 Å². The van der Waals surface area contributed by atoms with Crippen molar-refractivity contribution >= 4 is 21.6 Å². The van der Waals surface area contributed by atoms with Gasteiger partial charge in [0.05, 0.1) is 16.4 Å². The molecule has 2 heterocycles. The highest BCUT2D eigenvalue weighted by Gasteiger charge is 2.30. The van der Waals surface area contributed by atoms with Crippen molar-refractivity contribution in [3.05, 3.63) is 23.5 Å². The summed E-state index contributed by atoms with van der Waals surface area (Å²) in [5.41, 5.74) is 6.97. The predicted molar refractivity (Wildman–Crippen MR) is 68.7 cm³/mol. The van der Waals surface area contributed by atoms with Crippen LogP contribution in [0.3, 0.4) is 0 Å². The van der Waals surface area contributed by atoms with Crippen LogP contribution in [0.4, 0.5) is 0 Å². The molecule has 0 aromatic carbocycles. The lowest BCUT2D eigenvalue weighted by Crippen LogP contribution is -2.33. The summed E-state index contributed by atoms with van der Waals surface area (Å²) in [5, 5.41) is 1.16. The third-order valence-electron chi connectivity index (χ3n) is 3.39. The maximum absolute atomic E-state index is 5.93. The smallest absolute Gasteiger partial charge is 0.101 e. The Hall–Kier alpha value is -1.00. The zero-order valence-electron chi connectivity index (χ0n) is 9.73. The van der Waals surface area contributed by atoms with E-state index in [-0.39, 0.29) is 5.41 Å². The first-order chi connectivity index (χ1) is 7.75. The third kappa shape index (κ3) is 1.72. The highest BCUT2D eigenvalue weighted by molar-refractivity contribution is 7.18. The fraction of sp³-hybridized carbons (Fsp3) is 0.500. The van der Waals surface area contributed by atoms with E-state index in [9.17, 15) is 0 Å². The number of thiazole rings is 1. The Bertz CT molecular complexity index is 433. The maximum atomic E-state index is 5.93. The fourth-order valence-corrected chi connectivity index (χ4v) is 3.21. The molecule has 2 aromatic heterocycles. The van der Waals surface area contributed by atoms with Crippen molar-refractivity contribution in [3.8, 4) is 0 Å². The fourth-order valence-electron chi connectivity index (χ4n) is 1.94. The van der Waals surface area contributed by atoms with E-state index in [1.807, 2.05) is 18.5 Å². The Balaban J connectivity index is 2.53. The summed E-state index contributed by atoms with van der Waals surface area (Å²) in [4.78, 5) is 8.77. The highest BCUT2D eigenvalue weighted by atomic mass is 32.1. The number of pyridine rings is 1. The van der Waals surface area contributed by atoms with Crippen LogP contribution < -0.4 is 5.73 Å². The van der Waals surface area contributed by atoms with Crippen LogP contribution in [-0.2, 0) is 5.41 Å². The number of aromatic nitrogens is 2. The lowest BCUT2D eigenvalue weighted by Gasteiger charge is -2.27. The van der Waals surface area contributed by atoms with E-state index in [4.69, 9.17) is 5.73 Å². The minimum atomic E-state index is 0.0453. The lowest BCUT2D eigenvalue weighted by molar-refractivity contribution is 0.405. The third-order valence-corrected chi connectivity index (χ3v) is 4.67. The highest BCUT2D eigenvalue weighted by Crippen LogP contribution is 2.35. The van der Waals surface area contributed by atoms with Gasteiger partial charge in [0.15, 0.2) is 0 Å². The summed E-state index contributed by atoms with van der Waals surface area (Å²) in [5.74, 6) is 0. The molecule has 86 valence electrons. The number of nitrogens with zero attached hydrogens (tertiary/aromatic N) is 2. The van der Waals surface area contributed by atoms with Crippen LogP contribution in [0.25, 0.3) is 10.2 Å². The average Bonchev–Trinajstić information content (AvgIpc) is 2.76. The van der Waals surface area contributed by atoms with Crippen molar-refractivity contribution in [2.45, 2.75) is 32.1 Å². The summed E-state index contributed by atoms with van der Waals surface area (Å²) >= 11 is 1.75. The topological polar surface area (TPSA) is 51.8 Å². The van der Waals surface area contributed by atoms with E-state index < -0.39 is 0 Å². The quantitative estimate of drug-likeness (QED) is 0.886. The maximum Gasteiger partial charge on any atom is 0.101 e. The van der Waals surface area contributed by atoms with Gasteiger partial charge in [0.25, 0.3) is 0 Å². The molecule has 0 unspecified atom stereocenters. The minimum Gasteiger partial charge on any atom is -0.329 e. The van der Waals surface area contributed by atoms with E-state index in [2.05, 4.69) is 23.8 Å². The first-order valence-corrected chi connectivity index (χ1v) is 6.48. The molecule has 0 saturated carbocycles. The van der Waals surface area contributed by atoms with E-state index in [0.29, 0.717) is 6.54 Å². The standard InChI is InChI=1S/C12H17N3S/c1-3-12(4-2,8-13)11-15-9-7-14-6-5-10(9)16-11/h5-7H,3-4,8,13H2,1-2H3. The van der Waals surface area contributed by atoms with Crippen molar-refractivity contribution < 1.29 is 0 Å². The number of hydrogen-bond acceptors (Lipinski definition) is 4. The Labute approximate surface area is 99.7 Å². The Morgan fingerprint density at radius 1 is 1.38 bits per heavy atom. The molecule has 0 atom stereocenters. The van der Waals surface area contributed by atoms with Crippen molar-refractivity contribution in [3.63, 3.8) is 0 Å². The second-order valence-electron chi connectivity index (χ2n) is 4.05. The largest absolute Gasteiger partial charge is 0.329 e. The van der Waals surface area contributed by atoms with Gasteiger partial charge in [0.1, 0.15) is 5.01 Å². The first-order valence-electron chi connectivity index (χ1n) is 5.67. The molecule has 0 bridgehead atoms. The van der Waals surface area contributed by atoms with E-state index in [1.54, 1.807) is 11.3 Å². The Morgan fingerprint density at radius 3 is 2.69 bits per heavy atom. The van der Waals surface area contributed by atoms with Crippen molar-refractivity contribution in [2.75, 3.05) is 6.54 Å². The molecule has 0 fully saturated rings. The van der Waals surface area contributed by atoms with E-state index in [0.717, 1.165) is 23.4 Å². The molecule has 4 heteroatoms. The lowest BCUT2D eigenvalue weighted by atomic mass is 9.83. The molecular weight excluding hydrogens is 218 g/mol. The number of nitrogens with two attached hydrogens (primary N) is 1. The molecule has 0 radical (unpaired) electrons. The summed E-state index contributed by atoms with van der Waals surface area (Å²) < 4.78 is 1.20. The second-order valence-corrected chi connectivity index (χ2v) is 5.08. The zero-order chi connectivity index (χ0) is 11.6. The molecule has 2 rings (SSSR count). The normalized spacial score (nSPS) is 12.2. The molecule has 0 saturated heterocycles. The van der Waals surface area contributed by atoms with Gasteiger partial charge < -0.3 is 5.73 Å². The van der Waals surface area contributed by atoms with Crippen LogP contribution in [0.5, 0.6) is 0 Å². The summed E-state index contributed by atoms with van der Waals surface area (Å²) in [6.07, 6.45) is 5.70. The summed E-state index contributed by atoms with van der Waals surface area (Å²) in [7, 11) is 0. The number of hydrogen-bond donors (Lipinski definition) is 1. The molecule has 0 amide bonds. The molecule has 0 aliphatic heterocycles. The van der Waals surface area contributed by atoms with Crippen LogP contribution >= 0.6 is 11.3 Å². The minimum absolute atomic E-state index is 0.0453. The molecular formula is C12H17N3S. The van der Waals surface area contributed by atoms with E-state index >= 15 is 0 Å². The van der Waals surface area contributed by atoms with Crippen molar-refractivity contribution in [2.24, 2.45) is 5.73 Å². The summed E-state index contributed by atoms with van der Waals surface area (Å²) in [6.45, 7) is 5.02.